The van der Waals surface area contributed by atoms with E-state index >= 15 is 0 Å². The molecule has 0 spiro atoms. The number of hydrogen-bond donors (Lipinski definition) is 1. The molecule has 0 radical (unpaired) electrons. The minimum Gasteiger partial charge on any atom is -0.196 e. The lowest BCUT2D eigenvalue weighted by Gasteiger charge is -1.89. The van der Waals surface area contributed by atoms with Crippen LogP contribution in [0.1, 0.15) is 17.0 Å². The minimum atomic E-state index is 0.308. The summed E-state index contributed by atoms with van der Waals surface area (Å²) in [4.78, 5) is 0. The lowest BCUT2D eigenvalue weighted by atomic mass is 10.2. The number of rotatable bonds is 2. The van der Waals surface area contributed by atoms with Crippen molar-refractivity contribution in [3.05, 3.63) is 47.3 Å². The third-order valence-electron chi connectivity index (χ3n) is 1.91. The molecule has 2 rings (SSSR count). The summed E-state index contributed by atoms with van der Waals surface area (Å²) in [6, 6.07) is 11.8. The molecule has 0 atom stereocenters. The number of nitrogens with zero attached hydrogens (tertiary/aromatic N) is 3. The van der Waals surface area contributed by atoms with Crippen molar-refractivity contribution in [2.75, 3.05) is 0 Å². The molecule has 0 saturated carbocycles. The summed E-state index contributed by atoms with van der Waals surface area (Å²) in [7, 11) is 0. The van der Waals surface area contributed by atoms with E-state index in [-0.39, 0.29) is 0 Å². The van der Waals surface area contributed by atoms with Gasteiger partial charge in [0.05, 0.1) is 0 Å². The first-order valence-corrected chi connectivity index (χ1v) is 4.44. The van der Waals surface area contributed by atoms with Crippen molar-refractivity contribution < 1.29 is 0 Å². The van der Waals surface area contributed by atoms with Gasteiger partial charge in [-0.15, -0.1) is 5.10 Å². The zero-order valence-electron chi connectivity index (χ0n) is 7.88. The predicted molar refractivity (Wildman–Crippen MR) is 56.5 cm³/mol. The Bertz CT molecular complexity index is 505. The van der Waals surface area contributed by atoms with Gasteiger partial charge in [0.1, 0.15) is 11.8 Å². The maximum absolute atomic E-state index is 8.70. The number of hydrogen-bond acceptors (Lipinski definition) is 3. The Kier molecular flexibility index (Phi) is 2.56. The second kappa shape index (κ2) is 4.20. The van der Waals surface area contributed by atoms with E-state index in [0.717, 1.165) is 5.56 Å². The number of H-pyrrole nitrogens is 1. The monoisotopic (exact) mass is 196 g/mol. The lowest BCUT2D eigenvalue weighted by Crippen LogP contribution is -1.78. The van der Waals surface area contributed by atoms with Crippen molar-refractivity contribution in [2.24, 2.45) is 0 Å². The van der Waals surface area contributed by atoms with Gasteiger partial charge in [-0.1, -0.05) is 36.4 Å². The molecule has 0 bridgehead atoms. The highest BCUT2D eigenvalue weighted by Gasteiger charge is 2.01. The number of nitrogens with one attached hydrogen (secondary N) is 1. The number of benzene rings is 1. The van der Waals surface area contributed by atoms with E-state index in [4.69, 9.17) is 5.26 Å². The summed E-state index contributed by atoms with van der Waals surface area (Å²) in [6.45, 7) is 0. The van der Waals surface area contributed by atoms with Crippen LogP contribution in [0.2, 0.25) is 0 Å². The molecule has 0 aliphatic rings. The molecule has 72 valence electrons. The largest absolute Gasteiger partial charge is 0.196 e. The maximum Gasteiger partial charge on any atom is 0.189 e. The van der Waals surface area contributed by atoms with Gasteiger partial charge in [-0.05, 0) is 11.6 Å². The van der Waals surface area contributed by atoms with E-state index in [0.29, 0.717) is 11.4 Å². The Hall–Kier alpha value is -2.41. The summed E-state index contributed by atoms with van der Waals surface area (Å²) in [6.07, 6.45) is 3.65. The number of aromatic amines is 1. The Morgan fingerprint density at radius 1 is 1.13 bits per heavy atom. The molecule has 4 heteroatoms. The topological polar surface area (TPSA) is 65.4 Å². The predicted octanol–water partition coefficient (Wildman–Crippen LogP) is 1.85. The van der Waals surface area contributed by atoms with Crippen LogP contribution in [0.4, 0.5) is 0 Å². The average molecular weight is 196 g/mol. The quantitative estimate of drug-likeness (QED) is 0.797. The molecule has 0 aliphatic heterocycles. The van der Waals surface area contributed by atoms with E-state index in [9.17, 15) is 0 Å². The summed E-state index contributed by atoms with van der Waals surface area (Å²) in [5.41, 5.74) is 1.92. The molecule has 4 nitrogen and oxygen atoms in total. The maximum atomic E-state index is 8.70. The summed E-state index contributed by atoms with van der Waals surface area (Å²) >= 11 is 0. The van der Waals surface area contributed by atoms with Crippen LogP contribution in [-0.2, 0) is 0 Å². The number of nitriles is 1. The second-order valence-electron chi connectivity index (χ2n) is 2.91. The molecular formula is C11H8N4. The van der Waals surface area contributed by atoms with E-state index in [1.54, 1.807) is 6.08 Å². The van der Waals surface area contributed by atoms with Crippen LogP contribution in [0.25, 0.3) is 12.2 Å². The molecule has 0 unspecified atom stereocenters. The van der Waals surface area contributed by atoms with E-state index < -0.39 is 0 Å². The van der Waals surface area contributed by atoms with Crippen LogP contribution in [-0.4, -0.2) is 15.4 Å². The lowest BCUT2D eigenvalue weighted by molar-refractivity contribution is 0.933. The van der Waals surface area contributed by atoms with E-state index in [1.807, 2.05) is 42.5 Å². The van der Waals surface area contributed by atoms with Crippen LogP contribution in [0, 0.1) is 11.3 Å². The van der Waals surface area contributed by atoms with Gasteiger partial charge in [-0.2, -0.15) is 15.6 Å². The van der Waals surface area contributed by atoms with Gasteiger partial charge in [-0.3, -0.25) is 0 Å². The van der Waals surface area contributed by atoms with Gasteiger partial charge in [0, 0.05) is 0 Å². The van der Waals surface area contributed by atoms with Crippen molar-refractivity contribution in [3.8, 4) is 6.07 Å². The molecule has 15 heavy (non-hydrogen) atoms. The summed E-state index contributed by atoms with van der Waals surface area (Å²) in [5.74, 6) is 0. The molecule has 1 aromatic carbocycles. The van der Waals surface area contributed by atoms with Crippen molar-refractivity contribution in [1.29, 1.82) is 5.26 Å². The van der Waals surface area contributed by atoms with Crippen LogP contribution in [0.3, 0.4) is 0 Å². The van der Waals surface area contributed by atoms with Crippen molar-refractivity contribution in [2.45, 2.75) is 0 Å². The first-order valence-electron chi connectivity index (χ1n) is 4.44. The average Bonchev–Trinajstić information content (AvgIpc) is 2.75. The molecule has 0 aliphatic carbocycles. The van der Waals surface area contributed by atoms with Gasteiger partial charge in [0.15, 0.2) is 5.69 Å². The zero-order chi connectivity index (χ0) is 10.5. The van der Waals surface area contributed by atoms with Gasteiger partial charge >= 0.3 is 0 Å². The zero-order valence-corrected chi connectivity index (χ0v) is 7.88. The molecular weight excluding hydrogens is 188 g/mol. The molecule has 0 saturated heterocycles. The first-order chi connectivity index (χ1) is 7.40. The standard InChI is InChI=1S/C11H8N4/c12-8-11-10(13-15-14-11)7-6-9-4-2-1-3-5-9/h1-7H,(H,13,14,15)/b7-6+. The smallest absolute Gasteiger partial charge is 0.189 e. The highest BCUT2D eigenvalue weighted by atomic mass is 15.3. The molecule has 0 fully saturated rings. The molecule has 1 aromatic heterocycles. The number of aromatic nitrogens is 3. The van der Waals surface area contributed by atoms with E-state index in [1.165, 1.54) is 0 Å². The van der Waals surface area contributed by atoms with Crippen LogP contribution < -0.4 is 0 Å². The normalized spacial score (nSPS) is 10.3. The van der Waals surface area contributed by atoms with Gasteiger partial charge in [0.25, 0.3) is 0 Å². The highest BCUT2D eigenvalue weighted by molar-refractivity contribution is 5.69. The van der Waals surface area contributed by atoms with Gasteiger partial charge < -0.3 is 0 Å². The van der Waals surface area contributed by atoms with Crippen molar-refractivity contribution in [3.63, 3.8) is 0 Å². The minimum absolute atomic E-state index is 0.308. The summed E-state index contributed by atoms with van der Waals surface area (Å²) in [5, 5.41) is 18.7. The van der Waals surface area contributed by atoms with Gasteiger partial charge in [0.2, 0.25) is 0 Å². The Labute approximate surface area is 86.9 Å². The Morgan fingerprint density at radius 3 is 2.67 bits per heavy atom. The van der Waals surface area contributed by atoms with Crippen molar-refractivity contribution in [1.82, 2.24) is 15.4 Å². The Balaban J connectivity index is 2.23. The molecule has 1 N–H and O–H groups in total. The van der Waals surface area contributed by atoms with E-state index in [2.05, 4.69) is 15.4 Å². The Morgan fingerprint density at radius 2 is 1.93 bits per heavy atom. The fraction of sp³-hybridized carbons (Fsp3) is 0. The third-order valence-corrected chi connectivity index (χ3v) is 1.91. The van der Waals surface area contributed by atoms with Crippen molar-refractivity contribution >= 4 is 12.2 Å². The van der Waals surface area contributed by atoms with Gasteiger partial charge in [-0.25, -0.2) is 0 Å². The second-order valence-corrected chi connectivity index (χ2v) is 2.91. The third kappa shape index (κ3) is 2.09. The van der Waals surface area contributed by atoms with Crippen LogP contribution in [0.5, 0.6) is 0 Å². The molecule has 1 heterocycles. The molecule has 0 amide bonds. The fourth-order valence-electron chi connectivity index (χ4n) is 1.18. The fourth-order valence-corrected chi connectivity index (χ4v) is 1.18. The summed E-state index contributed by atoms with van der Waals surface area (Å²) < 4.78 is 0. The molecule has 2 aromatic rings. The van der Waals surface area contributed by atoms with Crippen LogP contribution >= 0.6 is 0 Å². The van der Waals surface area contributed by atoms with Crippen LogP contribution in [0.15, 0.2) is 30.3 Å². The highest BCUT2D eigenvalue weighted by Crippen LogP contribution is 2.07. The SMILES string of the molecule is N#Cc1n[nH]nc1/C=C/c1ccccc1. The first kappa shape index (κ1) is 9.16.